The van der Waals surface area contributed by atoms with Crippen molar-refractivity contribution in [1.82, 2.24) is 19.7 Å². The fourth-order valence-corrected chi connectivity index (χ4v) is 3.85. The van der Waals surface area contributed by atoms with E-state index in [1.807, 2.05) is 6.26 Å². The zero-order chi connectivity index (χ0) is 17.6. The van der Waals surface area contributed by atoms with Crippen molar-refractivity contribution in [2.45, 2.75) is 49.7 Å². The van der Waals surface area contributed by atoms with E-state index < -0.39 is 4.92 Å². The van der Waals surface area contributed by atoms with Crippen LogP contribution in [0.1, 0.15) is 44.0 Å². The van der Waals surface area contributed by atoms with Gasteiger partial charge in [0.25, 0.3) is 0 Å². The average Bonchev–Trinajstić information content (AvgIpc) is 3.27. The average molecular weight is 362 g/mol. The van der Waals surface area contributed by atoms with Crippen LogP contribution in [0.15, 0.2) is 23.5 Å². The Hall–Kier alpha value is -2.16. The molecule has 1 aliphatic carbocycles. The van der Waals surface area contributed by atoms with Gasteiger partial charge in [-0.3, -0.25) is 10.1 Å². The molecule has 0 bridgehead atoms. The SMILES string of the molecule is CSc1nnc(CCCNc2ncccc2[N+](=O)[O-])n1C1CCCC1. The van der Waals surface area contributed by atoms with Crippen molar-refractivity contribution in [3.63, 3.8) is 0 Å². The number of nitrogens with one attached hydrogen (secondary N) is 1. The summed E-state index contributed by atoms with van der Waals surface area (Å²) in [6.07, 6.45) is 10.1. The van der Waals surface area contributed by atoms with Crippen LogP contribution in [0.4, 0.5) is 11.5 Å². The molecule has 0 aliphatic heterocycles. The topological polar surface area (TPSA) is 98.8 Å². The lowest BCUT2D eigenvalue weighted by Crippen LogP contribution is -2.12. The van der Waals surface area contributed by atoms with Crippen molar-refractivity contribution >= 4 is 23.3 Å². The normalized spacial score (nSPS) is 14.8. The molecule has 1 aliphatic rings. The van der Waals surface area contributed by atoms with Crippen molar-refractivity contribution < 1.29 is 4.92 Å². The number of aromatic nitrogens is 4. The van der Waals surface area contributed by atoms with Crippen LogP contribution in [0.3, 0.4) is 0 Å². The summed E-state index contributed by atoms with van der Waals surface area (Å²) < 4.78 is 2.29. The molecule has 2 aromatic heterocycles. The van der Waals surface area contributed by atoms with Gasteiger partial charge in [-0.25, -0.2) is 4.98 Å². The summed E-state index contributed by atoms with van der Waals surface area (Å²) >= 11 is 1.63. The molecule has 1 fully saturated rings. The molecule has 0 amide bonds. The molecule has 8 nitrogen and oxygen atoms in total. The molecule has 2 heterocycles. The Kier molecular flexibility index (Phi) is 5.85. The second-order valence-electron chi connectivity index (χ2n) is 6.07. The van der Waals surface area contributed by atoms with E-state index in [1.54, 1.807) is 24.0 Å². The number of thioether (sulfide) groups is 1. The van der Waals surface area contributed by atoms with Gasteiger partial charge in [-0.2, -0.15) is 0 Å². The highest BCUT2D eigenvalue weighted by Gasteiger charge is 2.23. The lowest BCUT2D eigenvalue weighted by atomic mass is 10.2. The lowest BCUT2D eigenvalue weighted by Gasteiger charge is -2.16. The van der Waals surface area contributed by atoms with Gasteiger partial charge >= 0.3 is 5.69 Å². The highest BCUT2D eigenvalue weighted by atomic mass is 32.2. The van der Waals surface area contributed by atoms with Crippen LogP contribution in [0.5, 0.6) is 0 Å². The quantitative estimate of drug-likeness (QED) is 0.332. The number of pyridine rings is 1. The van der Waals surface area contributed by atoms with Crippen molar-refractivity contribution in [3.8, 4) is 0 Å². The minimum Gasteiger partial charge on any atom is -0.364 e. The Morgan fingerprint density at radius 2 is 2.20 bits per heavy atom. The van der Waals surface area contributed by atoms with E-state index in [9.17, 15) is 10.1 Å². The maximum Gasteiger partial charge on any atom is 0.311 e. The van der Waals surface area contributed by atoms with E-state index in [4.69, 9.17) is 0 Å². The molecule has 9 heteroatoms. The number of aryl methyl sites for hydroxylation is 1. The third-order valence-electron chi connectivity index (χ3n) is 4.46. The number of hydrogen-bond donors (Lipinski definition) is 1. The standard InChI is InChI=1S/C16H22N6O2S/c1-25-16-20-19-14(21(16)12-6-2-3-7-12)9-5-11-18-15-13(22(23)24)8-4-10-17-15/h4,8,10,12H,2-3,5-7,9,11H2,1H3,(H,17,18). The number of anilines is 1. The van der Waals surface area contributed by atoms with Crippen LogP contribution in [0.2, 0.25) is 0 Å². The highest BCUT2D eigenvalue weighted by molar-refractivity contribution is 7.98. The van der Waals surface area contributed by atoms with Gasteiger partial charge < -0.3 is 9.88 Å². The number of nitrogens with zero attached hydrogens (tertiary/aromatic N) is 5. The Morgan fingerprint density at radius 1 is 1.40 bits per heavy atom. The highest BCUT2D eigenvalue weighted by Crippen LogP contribution is 2.33. The molecule has 0 unspecified atom stereocenters. The van der Waals surface area contributed by atoms with Gasteiger partial charge in [0.15, 0.2) is 5.16 Å². The third-order valence-corrected chi connectivity index (χ3v) is 5.10. The summed E-state index contributed by atoms with van der Waals surface area (Å²) in [4.78, 5) is 14.6. The number of hydrogen-bond acceptors (Lipinski definition) is 7. The van der Waals surface area contributed by atoms with Crippen molar-refractivity contribution in [1.29, 1.82) is 0 Å². The zero-order valence-corrected chi connectivity index (χ0v) is 15.0. The number of rotatable bonds is 8. The Labute approximate surface area is 150 Å². The van der Waals surface area contributed by atoms with Crippen molar-refractivity contribution in [2.75, 3.05) is 18.1 Å². The molecule has 0 saturated heterocycles. The minimum atomic E-state index is -0.420. The largest absolute Gasteiger partial charge is 0.364 e. The van der Waals surface area contributed by atoms with Gasteiger partial charge in [0.1, 0.15) is 5.82 Å². The second kappa shape index (κ2) is 8.28. The van der Waals surface area contributed by atoms with E-state index >= 15 is 0 Å². The van der Waals surface area contributed by atoms with Gasteiger partial charge in [-0.15, -0.1) is 10.2 Å². The minimum absolute atomic E-state index is 0.00120. The van der Waals surface area contributed by atoms with Gasteiger partial charge in [-0.1, -0.05) is 24.6 Å². The Balaban J connectivity index is 1.60. The molecule has 134 valence electrons. The predicted octanol–water partition coefficient (Wildman–Crippen LogP) is 3.46. The molecule has 25 heavy (non-hydrogen) atoms. The smallest absolute Gasteiger partial charge is 0.311 e. The first-order chi connectivity index (χ1) is 12.2. The first kappa shape index (κ1) is 17.7. The van der Waals surface area contributed by atoms with Gasteiger partial charge in [0.2, 0.25) is 5.82 Å². The number of nitro groups is 1. The summed E-state index contributed by atoms with van der Waals surface area (Å²) in [7, 11) is 0. The molecule has 1 saturated carbocycles. The van der Waals surface area contributed by atoms with Gasteiger partial charge in [-0.05, 0) is 31.6 Å². The first-order valence-electron chi connectivity index (χ1n) is 8.51. The van der Waals surface area contributed by atoms with E-state index in [0.717, 1.165) is 23.8 Å². The summed E-state index contributed by atoms with van der Waals surface area (Å²) in [5.74, 6) is 1.32. The van der Waals surface area contributed by atoms with Crippen LogP contribution in [0.25, 0.3) is 0 Å². The van der Waals surface area contributed by atoms with E-state index in [-0.39, 0.29) is 5.69 Å². The second-order valence-corrected chi connectivity index (χ2v) is 6.84. The van der Waals surface area contributed by atoms with Crippen LogP contribution in [-0.4, -0.2) is 37.5 Å². The molecule has 0 radical (unpaired) electrons. The van der Waals surface area contributed by atoms with E-state index in [2.05, 4.69) is 25.1 Å². The summed E-state index contributed by atoms with van der Waals surface area (Å²) in [6.45, 7) is 0.601. The summed E-state index contributed by atoms with van der Waals surface area (Å²) in [5.41, 5.74) is 0.00120. The molecule has 0 atom stereocenters. The van der Waals surface area contributed by atoms with Crippen LogP contribution in [0, 0.1) is 10.1 Å². The Bertz CT molecular complexity index is 729. The summed E-state index contributed by atoms with van der Waals surface area (Å²) in [6, 6.07) is 3.53. The molecule has 1 N–H and O–H groups in total. The third kappa shape index (κ3) is 4.09. The lowest BCUT2D eigenvalue weighted by molar-refractivity contribution is -0.384. The van der Waals surface area contributed by atoms with Crippen molar-refractivity contribution in [3.05, 3.63) is 34.3 Å². The van der Waals surface area contributed by atoms with Gasteiger partial charge in [0, 0.05) is 31.3 Å². The first-order valence-corrected chi connectivity index (χ1v) is 9.74. The monoisotopic (exact) mass is 362 g/mol. The van der Waals surface area contributed by atoms with Gasteiger partial charge in [0.05, 0.1) is 4.92 Å². The zero-order valence-electron chi connectivity index (χ0n) is 14.2. The van der Waals surface area contributed by atoms with Crippen LogP contribution < -0.4 is 5.32 Å². The Morgan fingerprint density at radius 3 is 2.92 bits per heavy atom. The van der Waals surface area contributed by atoms with E-state index in [1.165, 1.54) is 31.7 Å². The maximum atomic E-state index is 11.0. The fraction of sp³-hybridized carbons (Fsp3) is 0.562. The molecule has 2 aromatic rings. The molecule has 0 aromatic carbocycles. The predicted molar refractivity (Wildman–Crippen MR) is 97.0 cm³/mol. The maximum absolute atomic E-state index is 11.0. The van der Waals surface area contributed by atoms with Crippen molar-refractivity contribution in [2.24, 2.45) is 0 Å². The molecule has 3 rings (SSSR count). The molecular formula is C16H22N6O2S. The summed E-state index contributed by atoms with van der Waals surface area (Å²) in [5, 5.41) is 23.7. The fourth-order valence-electron chi connectivity index (χ4n) is 3.28. The molecular weight excluding hydrogens is 340 g/mol. The molecule has 0 spiro atoms. The van der Waals surface area contributed by atoms with E-state index in [0.29, 0.717) is 18.4 Å². The van der Waals surface area contributed by atoms with Crippen LogP contribution >= 0.6 is 11.8 Å². The van der Waals surface area contributed by atoms with Crippen LogP contribution in [-0.2, 0) is 6.42 Å².